The van der Waals surface area contributed by atoms with Crippen LogP contribution < -0.4 is 11.1 Å². The number of carbonyl (C=O) groups excluding carboxylic acids is 2. The normalized spacial score (nSPS) is 12.2. The Kier molecular flexibility index (Phi) is 5.76. The average molecular weight is 362 g/mol. The van der Waals surface area contributed by atoms with Crippen molar-refractivity contribution in [3.05, 3.63) is 65.7 Å². The highest BCUT2D eigenvalue weighted by atomic mass is 32.2. The van der Waals surface area contributed by atoms with E-state index in [2.05, 4.69) is 5.32 Å². The molecule has 1 unspecified atom stereocenters. The summed E-state index contributed by atoms with van der Waals surface area (Å²) in [5.41, 5.74) is 6.21. The van der Waals surface area contributed by atoms with Gasteiger partial charge in [0, 0.05) is 0 Å². The van der Waals surface area contributed by atoms with Gasteiger partial charge in [-0.15, -0.1) is 0 Å². The lowest BCUT2D eigenvalue weighted by Crippen LogP contribution is -2.46. The molecule has 0 bridgehead atoms. The quantitative estimate of drug-likeness (QED) is 0.758. The molecule has 132 valence electrons. The fourth-order valence-corrected chi connectivity index (χ4v) is 3.43. The number of nitrogens with two attached hydrogens (primary N) is 1. The number of nitrogens with one attached hydrogen (secondary N) is 1. The number of esters is 1. The van der Waals surface area contributed by atoms with Crippen LogP contribution in [-0.4, -0.2) is 32.4 Å². The van der Waals surface area contributed by atoms with E-state index in [-0.39, 0.29) is 10.5 Å². The SMILES string of the molecule is Cc1ccc(S(=O)(=O)C(COC(=O)c2ccccc2)NC(N)=O)cc1. The van der Waals surface area contributed by atoms with Crippen LogP contribution in [0.1, 0.15) is 15.9 Å². The predicted molar refractivity (Wildman–Crippen MR) is 91.6 cm³/mol. The molecule has 0 saturated carbocycles. The van der Waals surface area contributed by atoms with Crippen LogP contribution >= 0.6 is 0 Å². The van der Waals surface area contributed by atoms with Gasteiger partial charge in [0.1, 0.15) is 6.61 Å². The number of carbonyl (C=O) groups is 2. The molecule has 0 spiro atoms. The van der Waals surface area contributed by atoms with Crippen molar-refractivity contribution >= 4 is 21.8 Å². The predicted octanol–water partition coefficient (Wildman–Crippen LogP) is 1.62. The maximum atomic E-state index is 12.7. The Morgan fingerprint density at radius 2 is 1.68 bits per heavy atom. The fourth-order valence-electron chi connectivity index (χ4n) is 2.07. The molecule has 0 aliphatic rings. The largest absolute Gasteiger partial charge is 0.459 e. The molecule has 2 aromatic carbocycles. The first-order valence-electron chi connectivity index (χ1n) is 7.39. The van der Waals surface area contributed by atoms with Crippen LogP contribution in [0.5, 0.6) is 0 Å². The highest BCUT2D eigenvalue weighted by Crippen LogP contribution is 2.16. The van der Waals surface area contributed by atoms with E-state index >= 15 is 0 Å². The number of hydrogen-bond donors (Lipinski definition) is 2. The third kappa shape index (κ3) is 4.80. The van der Waals surface area contributed by atoms with Gasteiger partial charge in [-0.1, -0.05) is 35.9 Å². The second-order valence-corrected chi connectivity index (χ2v) is 7.45. The van der Waals surface area contributed by atoms with Crippen LogP contribution in [0.4, 0.5) is 4.79 Å². The van der Waals surface area contributed by atoms with Gasteiger partial charge in [0.05, 0.1) is 10.5 Å². The van der Waals surface area contributed by atoms with Gasteiger partial charge in [-0.25, -0.2) is 18.0 Å². The van der Waals surface area contributed by atoms with Crippen molar-refractivity contribution in [1.82, 2.24) is 5.32 Å². The first-order valence-corrected chi connectivity index (χ1v) is 8.94. The summed E-state index contributed by atoms with van der Waals surface area (Å²) < 4.78 is 30.4. The van der Waals surface area contributed by atoms with Crippen molar-refractivity contribution in [2.45, 2.75) is 17.2 Å². The van der Waals surface area contributed by atoms with Gasteiger partial charge in [0.25, 0.3) is 0 Å². The molecule has 0 heterocycles. The standard InChI is InChI=1S/C17H18N2O5S/c1-12-7-9-14(10-8-12)25(22,23)15(19-17(18)21)11-24-16(20)13-5-3-2-4-6-13/h2-10,15H,11H2,1H3,(H3,18,19,21). The number of hydrogen-bond acceptors (Lipinski definition) is 5. The van der Waals surface area contributed by atoms with Crippen molar-refractivity contribution in [2.75, 3.05) is 6.61 Å². The second kappa shape index (κ2) is 7.80. The third-order valence-corrected chi connectivity index (χ3v) is 5.33. The second-order valence-electron chi connectivity index (χ2n) is 5.32. The highest BCUT2D eigenvalue weighted by molar-refractivity contribution is 7.92. The lowest BCUT2D eigenvalue weighted by molar-refractivity contribution is 0.0497. The lowest BCUT2D eigenvalue weighted by atomic mass is 10.2. The zero-order chi connectivity index (χ0) is 18.4. The zero-order valence-corrected chi connectivity index (χ0v) is 14.3. The zero-order valence-electron chi connectivity index (χ0n) is 13.5. The summed E-state index contributed by atoms with van der Waals surface area (Å²) in [6.07, 6.45) is 0. The maximum Gasteiger partial charge on any atom is 0.338 e. The van der Waals surface area contributed by atoms with E-state index in [1.54, 1.807) is 30.3 Å². The van der Waals surface area contributed by atoms with E-state index in [9.17, 15) is 18.0 Å². The number of ether oxygens (including phenoxy) is 1. The van der Waals surface area contributed by atoms with Gasteiger partial charge in [-0.05, 0) is 31.2 Å². The van der Waals surface area contributed by atoms with E-state index in [0.717, 1.165) is 5.56 Å². The molecule has 7 nitrogen and oxygen atoms in total. The van der Waals surface area contributed by atoms with E-state index in [1.165, 1.54) is 24.3 Å². The summed E-state index contributed by atoms with van der Waals surface area (Å²) in [5.74, 6) is -0.698. The van der Waals surface area contributed by atoms with Gasteiger partial charge >= 0.3 is 12.0 Å². The Morgan fingerprint density at radius 1 is 1.08 bits per heavy atom. The van der Waals surface area contributed by atoms with Gasteiger partial charge in [0.15, 0.2) is 5.37 Å². The van der Waals surface area contributed by atoms with Crippen molar-refractivity contribution in [3.63, 3.8) is 0 Å². The molecule has 1 atom stereocenters. The van der Waals surface area contributed by atoms with E-state index < -0.39 is 33.8 Å². The van der Waals surface area contributed by atoms with Crippen molar-refractivity contribution < 1.29 is 22.7 Å². The number of primary amides is 1. The topological polar surface area (TPSA) is 116 Å². The van der Waals surface area contributed by atoms with Crippen molar-refractivity contribution in [1.29, 1.82) is 0 Å². The Balaban J connectivity index is 2.19. The van der Waals surface area contributed by atoms with Gasteiger partial charge in [-0.3, -0.25) is 0 Å². The van der Waals surface area contributed by atoms with Crippen LogP contribution in [-0.2, 0) is 14.6 Å². The Morgan fingerprint density at radius 3 is 2.24 bits per heavy atom. The first kappa shape index (κ1) is 18.5. The van der Waals surface area contributed by atoms with E-state index in [0.29, 0.717) is 0 Å². The molecule has 8 heteroatoms. The molecule has 25 heavy (non-hydrogen) atoms. The maximum absolute atomic E-state index is 12.7. The molecule has 0 saturated heterocycles. The van der Waals surface area contributed by atoms with Crippen LogP contribution in [0.2, 0.25) is 0 Å². The smallest absolute Gasteiger partial charge is 0.338 e. The Bertz CT molecular complexity index is 848. The van der Waals surface area contributed by atoms with Crippen LogP contribution in [0.3, 0.4) is 0 Å². The molecular weight excluding hydrogens is 344 g/mol. The van der Waals surface area contributed by atoms with E-state index in [1.807, 2.05) is 6.92 Å². The highest BCUT2D eigenvalue weighted by Gasteiger charge is 2.30. The summed E-state index contributed by atoms with van der Waals surface area (Å²) in [7, 11) is -3.98. The fraction of sp³-hybridized carbons (Fsp3) is 0.176. The molecule has 2 aromatic rings. The summed E-state index contributed by atoms with van der Waals surface area (Å²) in [4.78, 5) is 23.1. The number of sulfone groups is 1. The Labute approximate surface area is 145 Å². The summed E-state index contributed by atoms with van der Waals surface area (Å²) in [5, 5.41) is 0.628. The average Bonchev–Trinajstić information content (AvgIpc) is 2.59. The van der Waals surface area contributed by atoms with E-state index in [4.69, 9.17) is 10.5 Å². The molecule has 2 rings (SSSR count). The number of rotatable bonds is 6. The number of amides is 2. The molecule has 0 fully saturated rings. The molecule has 0 aliphatic heterocycles. The van der Waals surface area contributed by atoms with Gasteiger partial charge in [0.2, 0.25) is 9.84 Å². The minimum Gasteiger partial charge on any atom is -0.459 e. The van der Waals surface area contributed by atoms with Crippen LogP contribution in [0, 0.1) is 6.92 Å². The first-order chi connectivity index (χ1) is 11.8. The van der Waals surface area contributed by atoms with Gasteiger partial charge < -0.3 is 15.8 Å². The third-order valence-electron chi connectivity index (χ3n) is 3.40. The number of urea groups is 1. The summed E-state index contributed by atoms with van der Waals surface area (Å²) in [6, 6.07) is 13.2. The van der Waals surface area contributed by atoms with Crippen molar-refractivity contribution in [2.24, 2.45) is 5.73 Å². The molecule has 0 aromatic heterocycles. The van der Waals surface area contributed by atoms with Crippen LogP contribution in [0.25, 0.3) is 0 Å². The molecule has 0 aliphatic carbocycles. The summed E-state index contributed by atoms with van der Waals surface area (Å²) in [6.45, 7) is 1.25. The van der Waals surface area contributed by atoms with Gasteiger partial charge in [-0.2, -0.15) is 0 Å². The monoisotopic (exact) mass is 362 g/mol. The number of aryl methyl sites for hydroxylation is 1. The molecule has 2 amide bonds. The van der Waals surface area contributed by atoms with Crippen molar-refractivity contribution in [3.8, 4) is 0 Å². The molecular formula is C17H18N2O5S. The molecule has 0 radical (unpaired) electrons. The summed E-state index contributed by atoms with van der Waals surface area (Å²) >= 11 is 0. The minimum atomic E-state index is -3.98. The Hall–Kier alpha value is -2.87. The lowest BCUT2D eigenvalue weighted by Gasteiger charge is -2.18. The number of benzene rings is 2. The van der Waals surface area contributed by atoms with Crippen LogP contribution in [0.15, 0.2) is 59.5 Å². The minimum absolute atomic E-state index is 0.00684. The molecule has 3 N–H and O–H groups in total.